The van der Waals surface area contributed by atoms with Crippen LogP contribution in [0.5, 0.6) is 0 Å². The molecule has 2 heterocycles. The van der Waals surface area contributed by atoms with Crippen LogP contribution in [0, 0.1) is 6.92 Å². The Morgan fingerprint density at radius 3 is 2.95 bits per heavy atom. The van der Waals surface area contributed by atoms with E-state index in [1.165, 1.54) is 0 Å². The highest BCUT2D eigenvalue weighted by Crippen LogP contribution is 2.21. The number of hydrogen-bond acceptors (Lipinski definition) is 4. The Hall–Kier alpha value is -1.56. The Bertz CT molecular complexity index is 475. The van der Waals surface area contributed by atoms with Crippen molar-refractivity contribution in [2.45, 2.75) is 45.7 Å². The minimum Gasteiger partial charge on any atom is -0.395 e. The van der Waals surface area contributed by atoms with Crippen molar-refractivity contribution in [1.82, 2.24) is 15.1 Å². The van der Waals surface area contributed by atoms with E-state index in [1.54, 1.807) is 4.68 Å². The van der Waals surface area contributed by atoms with Gasteiger partial charge < -0.3 is 15.8 Å². The van der Waals surface area contributed by atoms with Crippen molar-refractivity contribution in [3.05, 3.63) is 11.4 Å². The number of nitrogen functional groups attached to an aromatic ring is 1. The molecule has 1 aromatic rings. The number of nitrogens with one attached hydrogen (secondary N) is 1. The first-order valence-corrected chi connectivity index (χ1v) is 6.70. The first-order chi connectivity index (χ1) is 8.97. The SMILES string of the molecule is CCn1nc(C)c(N)c1C(=O)NC1(C)CCCOC1. The third-order valence-corrected chi connectivity index (χ3v) is 3.54. The van der Waals surface area contributed by atoms with Gasteiger partial charge in [-0.3, -0.25) is 9.48 Å². The molecule has 1 saturated heterocycles. The molecule has 0 spiro atoms. The molecule has 0 aromatic carbocycles. The number of amides is 1. The van der Waals surface area contributed by atoms with Crippen molar-refractivity contribution >= 4 is 11.6 Å². The molecule has 106 valence electrons. The maximum Gasteiger partial charge on any atom is 0.272 e. The molecule has 1 amide bonds. The molecule has 0 saturated carbocycles. The molecule has 1 fully saturated rings. The fraction of sp³-hybridized carbons (Fsp3) is 0.692. The summed E-state index contributed by atoms with van der Waals surface area (Å²) in [6.45, 7) is 7.67. The predicted octanol–water partition coefficient (Wildman–Crippen LogP) is 1.09. The van der Waals surface area contributed by atoms with E-state index in [-0.39, 0.29) is 11.4 Å². The van der Waals surface area contributed by atoms with Crippen molar-refractivity contribution in [2.24, 2.45) is 0 Å². The molecule has 1 aliphatic rings. The second kappa shape index (κ2) is 5.21. The van der Waals surface area contributed by atoms with E-state index in [0.29, 0.717) is 30.2 Å². The van der Waals surface area contributed by atoms with E-state index in [1.807, 2.05) is 20.8 Å². The lowest BCUT2D eigenvalue weighted by Crippen LogP contribution is -2.52. The molecule has 6 heteroatoms. The van der Waals surface area contributed by atoms with Crippen LogP contribution in [-0.4, -0.2) is 34.4 Å². The van der Waals surface area contributed by atoms with Gasteiger partial charge in [0.25, 0.3) is 5.91 Å². The fourth-order valence-corrected chi connectivity index (χ4v) is 2.43. The molecule has 1 unspecified atom stereocenters. The zero-order valence-corrected chi connectivity index (χ0v) is 11.8. The number of aryl methyl sites for hydroxylation is 2. The van der Waals surface area contributed by atoms with Crippen molar-refractivity contribution in [3.63, 3.8) is 0 Å². The zero-order chi connectivity index (χ0) is 14.0. The lowest BCUT2D eigenvalue weighted by atomic mass is 9.94. The van der Waals surface area contributed by atoms with E-state index in [2.05, 4.69) is 10.4 Å². The summed E-state index contributed by atoms with van der Waals surface area (Å²) < 4.78 is 7.09. The third-order valence-electron chi connectivity index (χ3n) is 3.54. The van der Waals surface area contributed by atoms with Crippen LogP contribution in [0.4, 0.5) is 5.69 Å². The Labute approximate surface area is 113 Å². The van der Waals surface area contributed by atoms with E-state index in [9.17, 15) is 4.79 Å². The van der Waals surface area contributed by atoms with E-state index in [0.717, 1.165) is 19.4 Å². The van der Waals surface area contributed by atoms with Crippen LogP contribution in [0.25, 0.3) is 0 Å². The Kier molecular flexibility index (Phi) is 3.80. The van der Waals surface area contributed by atoms with Crippen molar-refractivity contribution < 1.29 is 9.53 Å². The van der Waals surface area contributed by atoms with Crippen LogP contribution < -0.4 is 11.1 Å². The minimum absolute atomic E-state index is 0.173. The summed E-state index contributed by atoms with van der Waals surface area (Å²) in [5.41, 5.74) is 7.23. The Morgan fingerprint density at radius 1 is 1.63 bits per heavy atom. The summed E-state index contributed by atoms with van der Waals surface area (Å²) in [6, 6.07) is 0. The molecule has 1 atom stereocenters. The minimum atomic E-state index is -0.321. The summed E-state index contributed by atoms with van der Waals surface area (Å²) in [5.74, 6) is -0.173. The van der Waals surface area contributed by atoms with Gasteiger partial charge in [-0.25, -0.2) is 0 Å². The van der Waals surface area contributed by atoms with Crippen LogP contribution in [-0.2, 0) is 11.3 Å². The van der Waals surface area contributed by atoms with E-state index >= 15 is 0 Å². The molecular formula is C13H22N4O2. The summed E-state index contributed by atoms with van der Waals surface area (Å²) >= 11 is 0. The molecule has 19 heavy (non-hydrogen) atoms. The normalized spacial score (nSPS) is 23.3. The van der Waals surface area contributed by atoms with Gasteiger partial charge in [-0.2, -0.15) is 5.10 Å². The zero-order valence-electron chi connectivity index (χ0n) is 11.8. The number of hydrogen-bond donors (Lipinski definition) is 2. The average Bonchev–Trinajstić information content (AvgIpc) is 2.65. The quantitative estimate of drug-likeness (QED) is 0.858. The second-order valence-corrected chi connectivity index (χ2v) is 5.33. The largest absolute Gasteiger partial charge is 0.395 e. The molecule has 0 aliphatic carbocycles. The van der Waals surface area contributed by atoms with Gasteiger partial charge in [0, 0.05) is 13.2 Å². The fourth-order valence-electron chi connectivity index (χ4n) is 2.43. The van der Waals surface area contributed by atoms with Crippen LogP contribution >= 0.6 is 0 Å². The summed E-state index contributed by atoms with van der Waals surface area (Å²) in [4.78, 5) is 12.4. The Morgan fingerprint density at radius 2 is 2.37 bits per heavy atom. The standard InChI is InChI=1S/C13H22N4O2/c1-4-17-11(10(14)9(2)16-17)12(18)15-13(3)6-5-7-19-8-13/h4-8,14H2,1-3H3,(H,15,18). The molecule has 1 aromatic heterocycles. The van der Waals surface area contributed by atoms with Crippen molar-refractivity contribution in [2.75, 3.05) is 18.9 Å². The summed E-state index contributed by atoms with van der Waals surface area (Å²) in [5, 5.41) is 7.30. The number of carbonyl (C=O) groups is 1. The topological polar surface area (TPSA) is 82.2 Å². The number of nitrogens with zero attached hydrogens (tertiary/aromatic N) is 2. The van der Waals surface area contributed by atoms with Gasteiger partial charge >= 0.3 is 0 Å². The van der Waals surface area contributed by atoms with Gasteiger partial charge in [-0.1, -0.05) is 0 Å². The molecule has 0 bridgehead atoms. The highest BCUT2D eigenvalue weighted by Gasteiger charge is 2.31. The highest BCUT2D eigenvalue weighted by atomic mass is 16.5. The number of nitrogens with two attached hydrogens (primary N) is 1. The number of carbonyl (C=O) groups excluding carboxylic acids is 1. The van der Waals surface area contributed by atoms with Gasteiger partial charge in [-0.15, -0.1) is 0 Å². The van der Waals surface area contributed by atoms with Crippen LogP contribution in [0.3, 0.4) is 0 Å². The first-order valence-electron chi connectivity index (χ1n) is 6.70. The average molecular weight is 266 g/mol. The lowest BCUT2D eigenvalue weighted by molar-refractivity contribution is 0.0270. The second-order valence-electron chi connectivity index (χ2n) is 5.33. The predicted molar refractivity (Wildman–Crippen MR) is 73.0 cm³/mol. The van der Waals surface area contributed by atoms with Gasteiger partial charge in [-0.05, 0) is 33.6 Å². The third kappa shape index (κ3) is 2.73. The molecule has 3 N–H and O–H groups in total. The first kappa shape index (κ1) is 13.9. The number of anilines is 1. The van der Waals surface area contributed by atoms with Gasteiger partial charge in [0.1, 0.15) is 5.69 Å². The van der Waals surface area contributed by atoms with Crippen molar-refractivity contribution in [3.8, 4) is 0 Å². The maximum absolute atomic E-state index is 12.4. The van der Waals surface area contributed by atoms with Crippen LogP contribution in [0.15, 0.2) is 0 Å². The monoisotopic (exact) mass is 266 g/mol. The lowest BCUT2D eigenvalue weighted by Gasteiger charge is -2.34. The number of aromatic nitrogens is 2. The smallest absolute Gasteiger partial charge is 0.272 e. The number of rotatable bonds is 3. The van der Waals surface area contributed by atoms with Crippen LogP contribution in [0.1, 0.15) is 42.9 Å². The van der Waals surface area contributed by atoms with Crippen LogP contribution in [0.2, 0.25) is 0 Å². The van der Waals surface area contributed by atoms with Gasteiger partial charge in [0.2, 0.25) is 0 Å². The highest BCUT2D eigenvalue weighted by molar-refractivity contribution is 5.98. The Balaban J connectivity index is 2.20. The molecule has 0 radical (unpaired) electrons. The molecule has 6 nitrogen and oxygen atoms in total. The van der Waals surface area contributed by atoms with Gasteiger partial charge in [0.05, 0.1) is 23.5 Å². The van der Waals surface area contributed by atoms with Gasteiger partial charge in [0.15, 0.2) is 0 Å². The molecular weight excluding hydrogens is 244 g/mol. The number of ether oxygens (including phenoxy) is 1. The summed E-state index contributed by atoms with van der Waals surface area (Å²) in [6.07, 6.45) is 1.87. The molecule has 1 aliphatic heterocycles. The summed E-state index contributed by atoms with van der Waals surface area (Å²) in [7, 11) is 0. The van der Waals surface area contributed by atoms with E-state index in [4.69, 9.17) is 10.5 Å². The molecule has 2 rings (SSSR count). The maximum atomic E-state index is 12.4. The van der Waals surface area contributed by atoms with E-state index < -0.39 is 0 Å². The van der Waals surface area contributed by atoms with Crippen molar-refractivity contribution in [1.29, 1.82) is 0 Å².